The molecule has 1 aromatic carbocycles. The van der Waals surface area contributed by atoms with E-state index >= 15 is 0 Å². The Hall–Kier alpha value is -3.24. The molecule has 0 bridgehead atoms. The Bertz CT molecular complexity index is 1160. The number of ether oxygens (including phenoxy) is 1. The number of nitrogens with one attached hydrogen (secondary N) is 2. The minimum Gasteiger partial charge on any atom is -0.431 e. The molecule has 9 nitrogen and oxygen atoms in total. The van der Waals surface area contributed by atoms with Crippen LogP contribution in [-0.2, 0) is 0 Å². The first-order chi connectivity index (χ1) is 15.8. The Morgan fingerprint density at radius 2 is 1.97 bits per heavy atom. The highest BCUT2D eigenvalue weighted by Gasteiger charge is 2.22. The van der Waals surface area contributed by atoms with Gasteiger partial charge in [-0.2, -0.15) is 9.97 Å². The molecular weight excluding hydrogens is 426 g/mol. The van der Waals surface area contributed by atoms with Crippen molar-refractivity contribution in [2.75, 3.05) is 23.8 Å². The van der Waals surface area contributed by atoms with E-state index in [0.717, 1.165) is 35.4 Å². The minimum atomic E-state index is 0.121. The number of nitrogens with zero attached hydrogens (tertiary/aromatic N) is 5. The molecule has 166 valence electrons. The maximum atomic E-state index is 9.10. The van der Waals surface area contributed by atoms with Gasteiger partial charge in [0, 0.05) is 36.5 Å². The predicted molar refractivity (Wildman–Crippen MR) is 125 cm³/mol. The number of imidazole rings is 1. The van der Waals surface area contributed by atoms with Gasteiger partial charge in [-0.05, 0) is 43.5 Å². The molecule has 32 heavy (non-hydrogen) atoms. The maximum Gasteiger partial charge on any atom is 0.278 e. The summed E-state index contributed by atoms with van der Waals surface area (Å²) in [7, 11) is 0. The van der Waals surface area contributed by atoms with E-state index in [-0.39, 0.29) is 6.61 Å². The van der Waals surface area contributed by atoms with Gasteiger partial charge < -0.3 is 25.0 Å². The molecule has 3 heterocycles. The fraction of sp³-hybridized carbons (Fsp3) is 0.364. The summed E-state index contributed by atoms with van der Waals surface area (Å²) in [5, 5.41) is 18.2. The lowest BCUT2D eigenvalue weighted by Crippen LogP contribution is -2.10. The highest BCUT2D eigenvalue weighted by atomic mass is 32.1. The fourth-order valence-electron chi connectivity index (χ4n) is 3.92. The van der Waals surface area contributed by atoms with E-state index in [0.29, 0.717) is 36.0 Å². The number of thiazole rings is 1. The second-order valence-electron chi connectivity index (χ2n) is 7.71. The van der Waals surface area contributed by atoms with Crippen molar-refractivity contribution in [3.8, 4) is 10.9 Å². The lowest BCUT2D eigenvalue weighted by atomic mass is 10.2. The van der Waals surface area contributed by atoms with Gasteiger partial charge in [-0.1, -0.05) is 24.2 Å². The number of fused-ring (bicyclic) bond motifs is 1. The molecular formula is C22H25N7O2S. The first-order valence-electron chi connectivity index (χ1n) is 10.8. The van der Waals surface area contributed by atoms with Gasteiger partial charge in [0.1, 0.15) is 5.75 Å². The van der Waals surface area contributed by atoms with Gasteiger partial charge >= 0.3 is 0 Å². The summed E-state index contributed by atoms with van der Waals surface area (Å²) in [5.74, 6) is 1.89. The molecule has 3 N–H and O–H groups in total. The van der Waals surface area contributed by atoms with Gasteiger partial charge in [0.2, 0.25) is 5.95 Å². The Morgan fingerprint density at radius 3 is 2.72 bits per heavy atom. The van der Waals surface area contributed by atoms with E-state index < -0.39 is 0 Å². The Balaban J connectivity index is 1.42. The third-order valence-corrected chi connectivity index (χ3v) is 6.14. The van der Waals surface area contributed by atoms with E-state index in [4.69, 9.17) is 14.8 Å². The van der Waals surface area contributed by atoms with Gasteiger partial charge in [-0.15, -0.1) is 0 Å². The lowest BCUT2D eigenvalue weighted by molar-refractivity contribution is 0.292. The van der Waals surface area contributed by atoms with Crippen molar-refractivity contribution >= 4 is 40.0 Å². The minimum absolute atomic E-state index is 0.121. The Kier molecular flexibility index (Phi) is 6.13. The predicted octanol–water partition coefficient (Wildman–Crippen LogP) is 4.73. The number of benzene rings is 1. The lowest BCUT2D eigenvalue weighted by Gasteiger charge is -2.14. The average Bonchev–Trinajstić information content (AvgIpc) is 3.57. The van der Waals surface area contributed by atoms with Crippen LogP contribution >= 0.6 is 11.3 Å². The van der Waals surface area contributed by atoms with Crippen LogP contribution in [0.1, 0.15) is 38.1 Å². The molecule has 10 heteroatoms. The quantitative estimate of drug-likeness (QED) is 0.313. The van der Waals surface area contributed by atoms with Crippen molar-refractivity contribution < 1.29 is 9.84 Å². The van der Waals surface area contributed by atoms with Crippen LogP contribution in [0.4, 0.5) is 17.5 Å². The first kappa shape index (κ1) is 20.7. The van der Waals surface area contributed by atoms with Crippen molar-refractivity contribution in [1.29, 1.82) is 0 Å². The Morgan fingerprint density at radius 1 is 1.12 bits per heavy atom. The molecule has 4 aromatic rings. The summed E-state index contributed by atoms with van der Waals surface area (Å²) in [4.78, 5) is 18.2. The zero-order chi connectivity index (χ0) is 21.8. The fourth-order valence-corrected chi connectivity index (χ4v) is 4.42. The van der Waals surface area contributed by atoms with Crippen LogP contribution in [-0.4, -0.2) is 42.8 Å². The summed E-state index contributed by atoms with van der Waals surface area (Å²) >= 11 is 1.45. The maximum absolute atomic E-state index is 9.10. The second kappa shape index (κ2) is 9.49. The number of hydrogen-bond donors (Lipinski definition) is 3. The van der Waals surface area contributed by atoms with Crippen LogP contribution in [0.2, 0.25) is 0 Å². The average molecular weight is 452 g/mol. The molecule has 1 aliphatic carbocycles. The van der Waals surface area contributed by atoms with Gasteiger partial charge in [0.15, 0.2) is 17.0 Å². The van der Waals surface area contributed by atoms with Crippen molar-refractivity contribution in [2.24, 2.45) is 0 Å². The number of aliphatic hydroxyl groups is 1. The number of rotatable bonds is 9. The summed E-state index contributed by atoms with van der Waals surface area (Å²) in [6, 6.07) is 8.07. The van der Waals surface area contributed by atoms with Crippen molar-refractivity contribution in [1.82, 2.24) is 24.5 Å². The van der Waals surface area contributed by atoms with Crippen LogP contribution in [0.15, 0.2) is 42.2 Å². The zero-order valence-corrected chi connectivity index (χ0v) is 18.4. The van der Waals surface area contributed by atoms with Crippen molar-refractivity contribution in [2.45, 2.75) is 38.1 Å². The van der Waals surface area contributed by atoms with E-state index in [9.17, 15) is 0 Å². The molecule has 0 aliphatic heterocycles. The largest absolute Gasteiger partial charge is 0.431 e. The third kappa shape index (κ3) is 4.51. The van der Waals surface area contributed by atoms with Crippen LogP contribution in [0.3, 0.4) is 0 Å². The van der Waals surface area contributed by atoms with Gasteiger partial charge in [0.05, 0.1) is 6.33 Å². The van der Waals surface area contributed by atoms with Crippen molar-refractivity contribution in [3.63, 3.8) is 0 Å². The standard InChI is InChI=1S/C22H25N7O2S/c30-12-3-10-23-21-27-19(18-20(28-21)29(14-25-18)16-4-1-2-5-16)26-15-6-8-17(9-7-15)31-22-24-11-13-32-22/h6-9,11,13-14,16,30H,1-5,10,12H2,(H2,23,26,27,28). The highest BCUT2D eigenvalue weighted by Crippen LogP contribution is 2.34. The van der Waals surface area contributed by atoms with E-state index in [2.05, 4.69) is 30.2 Å². The summed E-state index contributed by atoms with van der Waals surface area (Å²) in [6.45, 7) is 0.720. The molecule has 1 aliphatic rings. The molecule has 0 amide bonds. The number of anilines is 3. The van der Waals surface area contributed by atoms with Crippen LogP contribution in [0, 0.1) is 0 Å². The highest BCUT2D eigenvalue weighted by molar-refractivity contribution is 7.11. The van der Waals surface area contributed by atoms with Crippen LogP contribution in [0.25, 0.3) is 11.2 Å². The molecule has 1 saturated carbocycles. The molecule has 0 atom stereocenters. The van der Waals surface area contributed by atoms with Crippen LogP contribution in [0.5, 0.6) is 10.9 Å². The molecule has 1 fully saturated rings. The topological polar surface area (TPSA) is 110 Å². The second-order valence-corrected chi connectivity index (χ2v) is 8.57. The summed E-state index contributed by atoms with van der Waals surface area (Å²) in [5.41, 5.74) is 2.44. The molecule has 0 spiro atoms. The van der Waals surface area contributed by atoms with Crippen molar-refractivity contribution in [3.05, 3.63) is 42.2 Å². The zero-order valence-electron chi connectivity index (χ0n) is 17.6. The summed E-state index contributed by atoms with van der Waals surface area (Å²) < 4.78 is 7.91. The number of aromatic nitrogens is 5. The van der Waals surface area contributed by atoms with Crippen LogP contribution < -0.4 is 15.4 Å². The SMILES string of the molecule is OCCCNc1nc(Nc2ccc(Oc3nccs3)cc2)c2ncn(C3CCCC3)c2n1. The molecule has 0 radical (unpaired) electrons. The molecule has 3 aromatic heterocycles. The van der Waals surface area contributed by atoms with Gasteiger partial charge in [-0.25, -0.2) is 9.97 Å². The molecule has 0 unspecified atom stereocenters. The normalized spacial score (nSPS) is 14.2. The molecule has 5 rings (SSSR count). The monoisotopic (exact) mass is 451 g/mol. The van der Waals surface area contributed by atoms with E-state index in [1.54, 1.807) is 6.20 Å². The smallest absolute Gasteiger partial charge is 0.278 e. The number of hydrogen-bond acceptors (Lipinski definition) is 9. The first-order valence-corrected chi connectivity index (χ1v) is 11.7. The summed E-state index contributed by atoms with van der Waals surface area (Å²) in [6.07, 6.45) is 8.98. The van der Waals surface area contributed by atoms with Gasteiger partial charge in [0.25, 0.3) is 5.19 Å². The van der Waals surface area contributed by atoms with E-state index in [1.165, 1.54) is 24.2 Å². The molecule has 0 saturated heterocycles. The Labute approximate surface area is 189 Å². The van der Waals surface area contributed by atoms with E-state index in [1.807, 2.05) is 36.0 Å². The third-order valence-electron chi connectivity index (χ3n) is 5.49. The number of aliphatic hydroxyl groups excluding tert-OH is 1. The van der Waals surface area contributed by atoms with Gasteiger partial charge in [-0.3, -0.25) is 0 Å².